The van der Waals surface area contributed by atoms with Crippen molar-refractivity contribution in [3.8, 4) is 0 Å². The van der Waals surface area contributed by atoms with Crippen LogP contribution in [-0.4, -0.2) is 20.0 Å². The molecule has 0 radical (unpaired) electrons. The van der Waals surface area contributed by atoms with E-state index in [4.69, 9.17) is 0 Å². The van der Waals surface area contributed by atoms with Crippen LogP contribution in [0.15, 0.2) is 39.9 Å². The van der Waals surface area contributed by atoms with E-state index >= 15 is 0 Å². The summed E-state index contributed by atoms with van der Waals surface area (Å²) in [5.41, 5.74) is 2.30. The highest BCUT2D eigenvalue weighted by Crippen LogP contribution is 2.15. The number of nitrogens with one attached hydrogen (secondary N) is 1. The van der Waals surface area contributed by atoms with Gasteiger partial charge in [0.05, 0.1) is 5.39 Å². The van der Waals surface area contributed by atoms with Gasteiger partial charge in [-0.15, -0.1) is 0 Å². The van der Waals surface area contributed by atoms with Gasteiger partial charge >= 0.3 is 5.69 Å². The van der Waals surface area contributed by atoms with Crippen LogP contribution in [0.5, 0.6) is 0 Å². The second kappa shape index (κ2) is 6.83. The number of amides is 1. The Morgan fingerprint density at radius 3 is 2.52 bits per heavy atom. The van der Waals surface area contributed by atoms with Gasteiger partial charge in [0, 0.05) is 18.4 Å². The van der Waals surface area contributed by atoms with Crippen molar-refractivity contribution in [3.05, 3.63) is 68.0 Å². The number of rotatable bonds is 3. The van der Waals surface area contributed by atoms with Crippen molar-refractivity contribution in [3.63, 3.8) is 0 Å². The maximum Gasteiger partial charge on any atom is 0.333 e. The predicted octanol–water partition coefficient (Wildman–Crippen LogP) is 2.22. The lowest BCUT2D eigenvalue weighted by Crippen LogP contribution is -2.44. The van der Waals surface area contributed by atoms with E-state index in [1.807, 2.05) is 25.1 Å². The lowest BCUT2D eigenvalue weighted by Gasteiger charge is -2.17. The molecule has 7 nitrogen and oxygen atoms in total. The van der Waals surface area contributed by atoms with Crippen LogP contribution in [0.4, 0.5) is 5.69 Å². The Balaban J connectivity index is 2.12. The van der Waals surface area contributed by atoms with E-state index in [0.717, 1.165) is 21.4 Å². The molecular weight excluding hydrogens is 344 g/mol. The molecule has 2 heterocycles. The highest BCUT2D eigenvalue weighted by atomic mass is 16.2. The first-order valence-electron chi connectivity index (χ1n) is 8.67. The number of carbonyl (C=O) groups excluding carboxylic acids is 1. The van der Waals surface area contributed by atoms with E-state index in [1.165, 1.54) is 11.5 Å². The molecule has 1 unspecified atom stereocenters. The molecule has 3 aromatic rings. The van der Waals surface area contributed by atoms with Gasteiger partial charge in [-0.2, -0.15) is 0 Å². The monoisotopic (exact) mass is 366 g/mol. The minimum Gasteiger partial charge on any atom is -0.324 e. The number of nitrogens with zero attached hydrogens (tertiary/aromatic N) is 3. The Morgan fingerprint density at radius 1 is 1.15 bits per heavy atom. The van der Waals surface area contributed by atoms with Crippen LogP contribution < -0.4 is 16.6 Å². The molecule has 0 spiro atoms. The van der Waals surface area contributed by atoms with Crippen molar-refractivity contribution in [2.45, 2.75) is 33.7 Å². The van der Waals surface area contributed by atoms with Crippen LogP contribution in [-0.2, 0) is 11.8 Å². The van der Waals surface area contributed by atoms with Crippen molar-refractivity contribution >= 4 is 22.6 Å². The Morgan fingerprint density at radius 2 is 1.85 bits per heavy atom. The molecule has 3 rings (SSSR count). The molecule has 0 aliphatic rings. The van der Waals surface area contributed by atoms with Crippen LogP contribution in [0, 0.1) is 20.8 Å². The van der Waals surface area contributed by atoms with E-state index in [9.17, 15) is 14.4 Å². The number of anilines is 1. The zero-order chi connectivity index (χ0) is 19.9. The summed E-state index contributed by atoms with van der Waals surface area (Å²) in [5, 5.41) is 3.11. The number of carbonyl (C=O) groups is 1. The van der Waals surface area contributed by atoms with Gasteiger partial charge in [0.25, 0.3) is 5.56 Å². The normalized spacial score (nSPS) is 12.2. The summed E-state index contributed by atoms with van der Waals surface area (Å²) in [6.07, 6.45) is 0. The molecule has 1 N–H and O–H groups in total. The number of pyridine rings is 1. The summed E-state index contributed by atoms with van der Waals surface area (Å²) in [4.78, 5) is 42.8. The average molecular weight is 366 g/mol. The zero-order valence-corrected chi connectivity index (χ0v) is 16.0. The van der Waals surface area contributed by atoms with Gasteiger partial charge in [-0.05, 0) is 57.0 Å². The van der Waals surface area contributed by atoms with Gasteiger partial charge < -0.3 is 5.32 Å². The summed E-state index contributed by atoms with van der Waals surface area (Å²) in [6.45, 7) is 7.06. The van der Waals surface area contributed by atoms with Gasteiger partial charge in [0.2, 0.25) is 5.91 Å². The standard InChI is InChI=1S/C20H22N4O3/c1-11-7-6-8-15(9-11)22-18(25)14(4)24-19(26)16-12(2)10-13(3)21-17(16)23(5)20(24)27/h6-10,14H,1-5H3,(H,22,25). The van der Waals surface area contributed by atoms with Gasteiger partial charge in [-0.3, -0.25) is 14.2 Å². The molecule has 7 heteroatoms. The van der Waals surface area contributed by atoms with E-state index in [0.29, 0.717) is 16.7 Å². The van der Waals surface area contributed by atoms with Gasteiger partial charge in [0.1, 0.15) is 11.7 Å². The molecule has 0 saturated heterocycles. The Bertz CT molecular complexity index is 1170. The third-order valence-electron chi connectivity index (χ3n) is 4.62. The Hall–Kier alpha value is -3.22. The highest BCUT2D eigenvalue weighted by Gasteiger charge is 2.23. The lowest BCUT2D eigenvalue weighted by molar-refractivity contribution is -0.119. The van der Waals surface area contributed by atoms with E-state index in [2.05, 4.69) is 10.3 Å². The number of hydrogen-bond donors (Lipinski definition) is 1. The summed E-state index contributed by atoms with van der Waals surface area (Å²) in [6, 6.07) is 8.14. The molecule has 0 saturated carbocycles. The molecule has 0 aliphatic heterocycles. The van der Waals surface area contributed by atoms with E-state index < -0.39 is 23.2 Å². The van der Waals surface area contributed by atoms with Crippen molar-refractivity contribution in [1.29, 1.82) is 0 Å². The fourth-order valence-electron chi connectivity index (χ4n) is 3.21. The second-order valence-corrected chi connectivity index (χ2v) is 6.83. The predicted molar refractivity (Wildman–Crippen MR) is 105 cm³/mol. The maximum absolute atomic E-state index is 13.0. The fourth-order valence-corrected chi connectivity index (χ4v) is 3.21. The van der Waals surface area contributed by atoms with Crippen LogP contribution in [0.25, 0.3) is 11.0 Å². The van der Waals surface area contributed by atoms with Crippen LogP contribution in [0.1, 0.15) is 29.8 Å². The SMILES string of the molecule is Cc1cccc(NC(=O)C(C)n2c(=O)c3c(C)cc(C)nc3n(C)c2=O)c1. The Labute approximate surface area is 156 Å². The largest absolute Gasteiger partial charge is 0.333 e. The zero-order valence-electron chi connectivity index (χ0n) is 16.0. The summed E-state index contributed by atoms with van der Waals surface area (Å²) in [7, 11) is 1.55. The first kappa shape index (κ1) is 18.6. The fraction of sp³-hybridized carbons (Fsp3) is 0.300. The first-order valence-corrected chi connectivity index (χ1v) is 8.67. The lowest BCUT2D eigenvalue weighted by atomic mass is 10.1. The van der Waals surface area contributed by atoms with Crippen molar-refractivity contribution in [1.82, 2.24) is 14.1 Å². The maximum atomic E-state index is 13.0. The summed E-state index contributed by atoms with van der Waals surface area (Å²) >= 11 is 0. The van der Waals surface area contributed by atoms with Gasteiger partial charge in [0.15, 0.2) is 0 Å². The van der Waals surface area contributed by atoms with Crippen LogP contribution in [0.2, 0.25) is 0 Å². The molecule has 2 aromatic heterocycles. The quantitative estimate of drug-likeness (QED) is 0.770. The number of aromatic nitrogens is 3. The molecule has 1 atom stereocenters. The smallest absolute Gasteiger partial charge is 0.324 e. The second-order valence-electron chi connectivity index (χ2n) is 6.83. The molecule has 1 aromatic carbocycles. The van der Waals surface area contributed by atoms with Gasteiger partial charge in [-0.1, -0.05) is 12.1 Å². The van der Waals surface area contributed by atoms with Gasteiger partial charge in [-0.25, -0.2) is 14.3 Å². The molecule has 1 amide bonds. The van der Waals surface area contributed by atoms with Crippen LogP contribution in [0.3, 0.4) is 0 Å². The Kier molecular flexibility index (Phi) is 4.70. The molecule has 27 heavy (non-hydrogen) atoms. The van der Waals surface area contributed by atoms with Crippen molar-refractivity contribution < 1.29 is 4.79 Å². The van der Waals surface area contributed by atoms with Crippen molar-refractivity contribution in [2.24, 2.45) is 7.05 Å². The minimum absolute atomic E-state index is 0.324. The average Bonchev–Trinajstić information content (AvgIpc) is 2.59. The molecule has 0 aliphatic carbocycles. The minimum atomic E-state index is -0.971. The molecular formula is C20H22N4O3. The highest BCUT2D eigenvalue weighted by molar-refractivity contribution is 5.93. The topological polar surface area (TPSA) is 86.0 Å². The number of hydrogen-bond acceptors (Lipinski definition) is 4. The third kappa shape index (κ3) is 3.28. The number of benzene rings is 1. The molecule has 0 fully saturated rings. The third-order valence-corrected chi connectivity index (χ3v) is 4.62. The van der Waals surface area contributed by atoms with E-state index in [1.54, 1.807) is 33.0 Å². The van der Waals surface area contributed by atoms with E-state index in [-0.39, 0.29) is 0 Å². The van der Waals surface area contributed by atoms with Crippen LogP contribution >= 0.6 is 0 Å². The summed E-state index contributed by atoms with van der Waals surface area (Å²) in [5.74, 6) is -0.433. The van der Waals surface area contributed by atoms with Crippen molar-refractivity contribution in [2.75, 3.05) is 5.32 Å². The first-order chi connectivity index (χ1) is 12.7. The molecule has 140 valence electrons. The summed E-state index contributed by atoms with van der Waals surface area (Å²) < 4.78 is 2.30. The number of aryl methyl sites for hydroxylation is 4. The number of fused-ring (bicyclic) bond motifs is 1. The molecule has 0 bridgehead atoms.